The summed E-state index contributed by atoms with van der Waals surface area (Å²) < 4.78 is 26.6. The number of aryl methyl sites for hydroxylation is 1. The van der Waals surface area contributed by atoms with Crippen molar-refractivity contribution in [1.29, 1.82) is 0 Å². The van der Waals surface area contributed by atoms with E-state index < -0.39 is 10.0 Å². The molecule has 0 unspecified atom stereocenters. The van der Waals surface area contributed by atoms with Gasteiger partial charge in [-0.1, -0.05) is 29.8 Å². The maximum Gasteiger partial charge on any atom is 0.223 e. The van der Waals surface area contributed by atoms with E-state index in [4.69, 9.17) is 0 Å². The summed E-state index contributed by atoms with van der Waals surface area (Å²) in [5, 5.41) is 3.02. The third-order valence-electron chi connectivity index (χ3n) is 4.61. The highest BCUT2D eigenvalue weighted by molar-refractivity contribution is 7.88. The Morgan fingerprint density at radius 2 is 1.74 bits per heavy atom. The molecule has 2 fully saturated rings. The normalized spacial score (nSPS) is 20.4. The fourth-order valence-electron chi connectivity index (χ4n) is 2.93. The molecular formula is C17H24N2O3S. The van der Waals surface area contributed by atoms with Crippen molar-refractivity contribution < 1.29 is 13.2 Å². The van der Waals surface area contributed by atoms with Crippen LogP contribution in [0.3, 0.4) is 0 Å². The second-order valence-electron chi connectivity index (χ2n) is 6.70. The molecule has 0 atom stereocenters. The van der Waals surface area contributed by atoms with Crippen molar-refractivity contribution in [3.05, 3.63) is 35.4 Å². The smallest absolute Gasteiger partial charge is 0.223 e. The molecule has 1 heterocycles. The van der Waals surface area contributed by atoms with Crippen LogP contribution in [0.1, 0.15) is 36.8 Å². The van der Waals surface area contributed by atoms with Gasteiger partial charge in [-0.05, 0) is 38.2 Å². The molecule has 0 bridgehead atoms. The van der Waals surface area contributed by atoms with E-state index in [-0.39, 0.29) is 17.6 Å². The average molecular weight is 336 g/mol. The molecule has 1 aliphatic carbocycles. The van der Waals surface area contributed by atoms with Gasteiger partial charge in [-0.25, -0.2) is 12.7 Å². The summed E-state index contributed by atoms with van der Waals surface area (Å²) in [6.07, 6.45) is 3.39. The maximum absolute atomic E-state index is 12.5. The second-order valence-corrected chi connectivity index (χ2v) is 8.67. The zero-order chi connectivity index (χ0) is 16.4. The maximum atomic E-state index is 12.5. The predicted molar refractivity (Wildman–Crippen MR) is 89.3 cm³/mol. The van der Waals surface area contributed by atoms with Gasteiger partial charge in [0.1, 0.15) is 0 Å². The summed E-state index contributed by atoms with van der Waals surface area (Å²) >= 11 is 0. The summed E-state index contributed by atoms with van der Waals surface area (Å²) in [6.45, 7) is 2.86. The third-order valence-corrected chi connectivity index (χ3v) is 6.46. The zero-order valence-electron chi connectivity index (χ0n) is 13.5. The first-order chi connectivity index (χ1) is 10.9. The number of hydrogen-bond acceptors (Lipinski definition) is 3. The first kappa shape index (κ1) is 16.5. The first-order valence-corrected chi connectivity index (χ1v) is 9.89. The van der Waals surface area contributed by atoms with E-state index in [9.17, 15) is 13.2 Å². The van der Waals surface area contributed by atoms with Crippen LogP contribution in [0, 0.1) is 12.8 Å². The van der Waals surface area contributed by atoms with E-state index in [1.54, 1.807) is 0 Å². The number of carbonyl (C=O) groups is 1. The minimum Gasteiger partial charge on any atom is -0.353 e. The van der Waals surface area contributed by atoms with Crippen molar-refractivity contribution in [2.45, 2.75) is 44.4 Å². The molecule has 126 valence electrons. The summed E-state index contributed by atoms with van der Waals surface area (Å²) in [5.41, 5.74) is 1.93. The number of benzene rings is 1. The van der Waals surface area contributed by atoms with E-state index in [0.717, 1.165) is 24.0 Å². The van der Waals surface area contributed by atoms with Crippen LogP contribution >= 0.6 is 0 Å². The van der Waals surface area contributed by atoms with Gasteiger partial charge < -0.3 is 5.32 Å². The molecule has 1 aliphatic heterocycles. The van der Waals surface area contributed by atoms with Crippen LogP contribution in [0.5, 0.6) is 0 Å². The molecule has 1 amide bonds. The lowest BCUT2D eigenvalue weighted by atomic mass is 9.97. The molecule has 3 rings (SSSR count). The van der Waals surface area contributed by atoms with Gasteiger partial charge in [0.15, 0.2) is 0 Å². The zero-order valence-corrected chi connectivity index (χ0v) is 14.3. The number of carbonyl (C=O) groups excluding carboxylic acids is 1. The fraction of sp³-hybridized carbons (Fsp3) is 0.588. The van der Waals surface area contributed by atoms with Crippen molar-refractivity contribution >= 4 is 15.9 Å². The minimum absolute atomic E-state index is 0.0339. The van der Waals surface area contributed by atoms with Gasteiger partial charge in [-0.3, -0.25) is 4.79 Å². The van der Waals surface area contributed by atoms with Gasteiger partial charge in [0.25, 0.3) is 0 Å². The molecule has 1 aromatic rings. The van der Waals surface area contributed by atoms with Gasteiger partial charge in [0.05, 0.1) is 5.75 Å². The van der Waals surface area contributed by atoms with Crippen molar-refractivity contribution in [2.75, 3.05) is 13.1 Å². The minimum atomic E-state index is -3.31. The summed E-state index contributed by atoms with van der Waals surface area (Å²) in [7, 11) is -3.31. The number of nitrogens with one attached hydrogen (secondary N) is 1. The topological polar surface area (TPSA) is 66.5 Å². The Hall–Kier alpha value is -1.40. The molecule has 0 aromatic heterocycles. The van der Waals surface area contributed by atoms with E-state index in [1.165, 1.54) is 4.31 Å². The van der Waals surface area contributed by atoms with E-state index in [1.807, 2.05) is 31.2 Å². The molecular weight excluding hydrogens is 312 g/mol. The van der Waals surface area contributed by atoms with Crippen LogP contribution < -0.4 is 5.32 Å². The standard InChI is InChI=1S/C17H24N2O3S/c1-13-2-4-14(5-3-13)12-23(21,22)19-10-8-15(9-11-19)17(20)18-16-6-7-16/h2-5,15-16H,6-12H2,1H3,(H,18,20). The van der Waals surface area contributed by atoms with Crippen LogP contribution in [0.25, 0.3) is 0 Å². The monoisotopic (exact) mass is 336 g/mol. The predicted octanol–water partition coefficient (Wildman–Crippen LogP) is 1.82. The second kappa shape index (κ2) is 6.61. The molecule has 5 nitrogen and oxygen atoms in total. The average Bonchev–Trinajstić information content (AvgIpc) is 3.33. The number of nitrogens with zero attached hydrogens (tertiary/aromatic N) is 1. The largest absolute Gasteiger partial charge is 0.353 e. The Morgan fingerprint density at radius 1 is 1.13 bits per heavy atom. The van der Waals surface area contributed by atoms with Gasteiger partial charge in [0.2, 0.25) is 15.9 Å². The number of rotatable bonds is 5. The van der Waals surface area contributed by atoms with Crippen LogP contribution in [-0.2, 0) is 20.6 Å². The quantitative estimate of drug-likeness (QED) is 0.892. The van der Waals surface area contributed by atoms with E-state index >= 15 is 0 Å². The van der Waals surface area contributed by atoms with Crippen LogP contribution in [0.2, 0.25) is 0 Å². The van der Waals surface area contributed by atoms with Gasteiger partial charge in [-0.15, -0.1) is 0 Å². The first-order valence-electron chi connectivity index (χ1n) is 8.28. The lowest BCUT2D eigenvalue weighted by Gasteiger charge is -2.30. The Morgan fingerprint density at radius 3 is 2.30 bits per heavy atom. The molecule has 6 heteroatoms. The summed E-state index contributed by atoms with van der Waals surface area (Å²) in [6, 6.07) is 7.95. The van der Waals surface area contributed by atoms with Crippen LogP contribution in [0.15, 0.2) is 24.3 Å². The van der Waals surface area contributed by atoms with Gasteiger partial charge in [0, 0.05) is 25.0 Å². The molecule has 0 spiro atoms. The highest BCUT2D eigenvalue weighted by atomic mass is 32.2. The van der Waals surface area contributed by atoms with Crippen LogP contribution in [-0.4, -0.2) is 37.8 Å². The van der Waals surface area contributed by atoms with Crippen molar-refractivity contribution in [3.63, 3.8) is 0 Å². The molecule has 0 radical (unpaired) electrons. The highest BCUT2D eigenvalue weighted by Gasteiger charge is 2.33. The van der Waals surface area contributed by atoms with Gasteiger partial charge in [-0.2, -0.15) is 0 Å². The van der Waals surface area contributed by atoms with Gasteiger partial charge >= 0.3 is 0 Å². The fourth-order valence-corrected chi connectivity index (χ4v) is 4.49. The molecule has 23 heavy (non-hydrogen) atoms. The highest BCUT2D eigenvalue weighted by Crippen LogP contribution is 2.24. The summed E-state index contributed by atoms with van der Waals surface area (Å²) in [4.78, 5) is 12.0. The summed E-state index contributed by atoms with van der Waals surface area (Å²) in [5.74, 6) is 0.0937. The molecule has 1 saturated heterocycles. The Balaban J connectivity index is 1.55. The Labute approximate surface area is 138 Å². The number of piperidine rings is 1. The Kier molecular flexibility index (Phi) is 4.73. The SMILES string of the molecule is Cc1ccc(CS(=O)(=O)N2CCC(C(=O)NC3CC3)CC2)cc1. The molecule has 2 aliphatic rings. The van der Waals surface area contributed by atoms with E-state index in [2.05, 4.69) is 5.32 Å². The van der Waals surface area contributed by atoms with E-state index in [0.29, 0.717) is 32.0 Å². The Bertz CT molecular complexity index is 658. The molecule has 1 N–H and O–H groups in total. The van der Waals surface area contributed by atoms with Crippen LogP contribution in [0.4, 0.5) is 0 Å². The molecule has 1 aromatic carbocycles. The lowest BCUT2D eigenvalue weighted by molar-refractivity contribution is -0.126. The number of sulfonamides is 1. The lowest BCUT2D eigenvalue weighted by Crippen LogP contribution is -2.43. The van der Waals surface area contributed by atoms with Crippen molar-refractivity contribution in [3.8, 4) is 0 Å². The van der Waals surface area contributed by atoms with Crippen molar-refractivity contribution in [1.82, 2.24) is 9.62 Å². The van der Waals surface area contributed by atoms with Crippen molar-refractivity contribution in [2.24, 2.45) is 5.92 Å². The number of hydrogen-bond donors (Lipinski definition) is 1. The molecule has 1 saturated carbocycles. The third kappa shape index (κ3) is 4.32. The number of amides is 1.